The Hall–Kier alpha value is -1.81. The van der Waals surface area contributed by atoms with Crippen LogP contribution in [-0.4, -0.2) is 24.0 Å². The third-order valence-corrected chi connectivity index (χ3v) is 3.88. The van der Waals surface area contributed by atoms with Gasteiger partial charge in [0.15, 0.2) is 0 Å². The predicted molar refractivity (Wildman–Crippen MR) is 71.7 cm³/mol. The molecular weight excluding hydrogens is 226 g/mol. The van der Waals surface area contributed by atoms with Gasteiger partial charge < -0.3 is 16.0 Å². The van der Waals surface area contributed by atoms with Crippen LogP contribution in [0.2, 0.25) is 0 Å². The highest BCUT2D eigenvalue weighted by Crippen LogP contribution is 2.29. The summed E-state index contributed by atoms with van der Waals surface area (Å²) in [4.78, 5) is 14.7. The molecule has 94 valence electrons. The van der Waals surface area contributed by atoms with E-state index in [9.17, 15) is 4.79 Å². The van der Waals surface area contributed by atoms with E-state index in [1.54, 1.807) is 6.07 Å². The van der Waals surface area contributed by atoms with Crippen LogP contribution in [-0.2, 0) is 12.8 Å². The summed E-state index contributed by atoms with van der Waals surface area (Å²) in [6, 6.07) is 6.16. The number of primary amides is 1. The normalized spacial score (nSPS) is 18.8. The highest BCUT2D eigenvalue weighted by molar-refractivity contribution is 5.98. The lowest BCUT2D eigenvalue weighted by atomic mass is 9.91. The minimum absolute atomic E-state index is 0.368. The first-order chi connectivity index (χ1) is 8.69. The lowest BCUT2D eigenvalue weighted by molar-refractivity contribution is 0.100. The molecule has 0 fully saturated rings. The number of amides is 1. The van der Waals surface area contributed by atoms with Crippen molar-refractivity contribution in [2.45, 2.75) is 25.3 Å². The zero-order chi connectivity index (χ0) is 12.7. The van der Waals surface area contributed by atoms with Crippen molar-refractivity contribution >= 4 is 16.8 Å². The van der Waals surface area contributed by atoms with Gasteiger partial charge in [-0.1, -0.05) is 0 Å². The van der Waals surface area contributed by atoms with Crippen LogP contribution in [0.3, 0.4) is 0 Å². The minimum atomic E-state index is -0.368. The van der Waals surface area contributed by atoms with E-state index in [1.807, 2.05) is 19.2 Å². The first-order valence-electron chi connectivity index (χ1n) is 6.29. The summed E-state index contributed by atoms with van der Waals surface area (Å²) in [7, 11) is 2.00. The number of hydrogen-bond donors (Lipinski definition) is 3. The van der Waals surface area contributed by atoms with Gasteiger partial charge in [0, 0.05) is 28.2 Å². The molecule has 2 aromatic rings. The van der Waals surface area contributed by atoms with Gasteiger partial charge in [0.1, 0.15) is 0 Å². The lowest BCUT2D eigenvalue weighted by Gasteiger charge is -2.21. The van der Waals surface area contributed by atoms with E-state index in [4.69, 9.17) is 5.73 Å². The standard InChI is InChI=1S/C14H17N3O/c1-16-9-3-5-13-11(7-9)10-6-8(14(15)18)2-4-12(10)17-13/h2,4,6,9,16-17H,3,5,7H2,1H3,(H2,15,18). The van der Waals surface area contributed by atoms with E-state index >= 15 is 0 Å². The summed E-state index contributed by atoms with van der Waals surface area (Å²) in [6.45, 7) is 0. The maximum absolute atomic E-state index is 11.3. The molecule has 1 aromatic heterocycles. The first-order valence-corrected chi connectivity index (χ1v) is 6.29. The topological polar surface area (TPSA) is 70.9 Å². The summed E-state index contributed by atoms with van der Waals surface area (Å²) in [6.07, 6.45) is 3.22. The molecule has 4 nitrogen and oxygen atoms in total. The maximum atomic E-state index is 11.3. The van der Waals surface area contributed by atoms with Crippen molar-refractivity contribution in [3.8, 4) is 0 Å². The van der Waals surface area contributed by atoms with Crippen LogP contribution in [0.4, 0.5) is 0 Å². The van der Waals surface area contributed by atoms with Crippen molar-refractivity contribution in [2.24, 2.45) is 5.73 Å². The van der Waals surface area contributed by atoms with Gasteiger partial charge in [-0.2, -0.15) is 0 Å². The first kappa shape index (κ1) is 11.3. The van der Waals surface area contributed by atoms with E-state index in [-0.39, 0.29) is 5.91 Å². The molecule has 1 unspecified atom stereocenters. The molecule has 0 saturated heterocycles. The predicted octanol–water partition coefficient (Wildman–Crippen LogP) is 1.34. The molecule has 4 heteroatoms. The number of rotatable bonds is 2. The fraction of sp³-hybridized carbons (Fsp3) is 0.357. The maximum Gasteiger partial charge on any atom is 0.248 e. The van der Waals surface area contributed by atoms with Crippen LogP contribution < -0.4 is 11.1 Å². The molecule has 0 bridgehead atoms. The molecule has 0 saturated carbocycles. The van der Waals surface area contributed by atoms with Crippen LogP contribution in [0, 0.1) is 0 Å². The van der Waals surface area contributed by atoms with Crippen molar-refractivity contribution in [1.82, 2.24) is 10.3 Å². The molecule has 0 aliphatic heterocycles. The molecular formula is C14H17N3O. The number of carbonyl (C=O) groups excluding carboxylic acids is 1. The summed E-state index contributed by atoms with van der Waals surface area (Å²) < 4.78 is 0. The molecule has 1 aliphatic carbocycles. The smallest absolute Gasteiger partial charge is 0.248 e. The number of aryl methyl sites for hydroxylation is 1. The van der Waals surface area contributed by atoms with E-state index in [0.717, 1.165) is 30.2 Å². The number of aromatic amines is 1. The Balaban J connectivity index is 2.14. The van der Waals surface area contributed by atoms with Crippen LogP contribution in [0.25, 0.3) is 10.9 Å². The van der Waals surface area contributed by atoms with E-state index in [2.05, 4.69) is 10.3 Å². The Kier molecular flexibility index (Phi) is 2.59. The Morgan fingerprint density at radius 2 is 2.33 bits per heavy atom. The number of benzene rings is 1. The number of nitrogens with two attached hydrogens (primary N) is 1. The summed E-state index contributed by atoms with van der Waals surface area (Å²) in [5.41, 5.74) is 9.66. The summed E-state index contributed by atoms with van der Waals surface area (Å²) >= 11 is 0. The van der Waals surface area contributed by atoms with Crippen LogP contribution >= 0.6 is 0 Å². The zero-order valence-corrected chi connectivity index (χ0v) is 10.4. The summed E-state index contributed by atoms with van der Waals surface area (Å²) in [5.74, 6) is -0.368. The molecule has 1 aromatic carbocycles. The second-order valence-corrected chi connectivity index (χ2v) is 4.94. The number of aromatic nitrogens is 1. The van der Waals surface area contributed by atoms with Crippen LogP contribution in [0.1, 0.15) is 28.0 Å². The average molecular weight is 243 g/mol. The number of likely N-dealkylation sites (N-methyl/N-ethyl adjacent to an activating group) is 1. The second kappa shape index (κ2) is 4.14. The molecule has 18 heavy (non-hydrogen) atoms. The van der Waals surface area contributed by atoms with Gasteiger partial charge in [-0.15, -0.1) is 0 Å². The number of nitrogens with one attached hydrogen (secondary N) is 2. The average Bonchev–Trinajstić information content (AvgIpc) is 2.75. The molecule has 4 N–H and O–H groups in total. The number of carbonyl (C=O) groups is 1. The third-order valence-electron chi connectivity index (χ3n) is 3.88. The van der Waals surface area contributed by atoms with Crippen LogP contribution in [0.15, 0.2) is 18.2 Å². The highest BCUT2D eigenvalue weighted by Gasteiger charge is 2.21. The number of hydrogen-bond acceptors (Lipinski definition) is 2. The molecule has 1 aliphatic rings. The SMILES string of the molecule is CNC1CCc2[nH]c3ccc(C(N)=O)cc3c2C1. The fourth-order valence-corrected chi connectivity index (χ4v) is 2.82. The highest BCUT2D eigenvalue weighted by atomic mass is 16.1. The number of fused-ring (bicyclic) bond motifs is 3. The third kappa shape index (κ3) is 1.69. The molecule has 1 amide bonds. The van der Waals surface area contributed by atoms with Crippen LogP contribution in [0.5, 0.6) is 0 Å². The number of H-pyrrole nitrogens is 1. The van der Waals surface area contributed by atoms with Gasteiger partial charge in [-0.25, -0.2) is 0 Å². The Morgan fingerprint density at radius 3 is 3.06 bits per heavy atom. The van der Waals surface area contributed by atoms with Gasteiger partial charge in [-0.3, -0.25) is 4.79 Å². The molecule has 3 rings (SSSR count). The van der Waals surface area contributed by atoms with Gasteiger partial charge in [0.05, 0.1) is 0 Å². The van der Waals surface area contributed by atoms with Gasteiger partial charge in [0.25, 0.3) is 0 Å². The Labute approximate surface area is 106 Å². The van der Waals surface area contributed by atoms with Gasteiger partial charge in [0.2, 0.25) is 5.91 Å². The second-order valence-electron chi connectivity index (χ2n) is 4.94. The van der Waals surface area contributed by atoms with Crippen molar-refractivity contribution < 1.29 is 4.79 Å². The Bertz CT molecular complexity index is 615. The van der Waals surface area contributed by atoms with Crippen molar-refractivity contribution in [3.63, 3.8) is 0 Å². The summed E-state index contributed by atoms with van der Waals surface area (Å²) in [5, 5.41) is 4.47. The quantitative estimate of drug-likeness (QED) is 0.745. The minimum Gasteiger partial charge on any atom is -0.366 e. The monoisotopic (exact) mass is 243 g/mol. The lowest BCUT2D eigenvalue weighted by Crippen LogP contribution is -2.31. The van der Waals surface area contributed by atoms with E-state index in [0.29, 0.717) is 11.6 Å². The molecule has 1 atom stereocenters. The van der Waals surface area contributed by atoms with Crippen molar-refractivity contribution in [1.29, 1.82) is 0 Å². The van der Waals surface area contributed by atoms with E-state index in [1.165, 1.54) is 11.3 Å². The molecule has 1 heterocycles. The Morgan fingerprint density at radius 1 is 1.50 bits per heavy atom. The van der Waals surface area contributed by atoms with Gasteiger partial charge >= 0.3 is 0 Å². The van der Waals surface area contributed by atoms with Gasteiger partial charge in [-0.05, 0) is 50.1 Å². The molecule has 0 spiro atoms. The largest absolute Gasteiger partial charge is 0.366 e. The molecule has 0 radical (unpaired) electrons. The fourth-order valence-electron chi connectivity index (χ4n) is 2.82. The zero-order valence-electron chi connectivity index (χ0n) is 10.4. The van der Waals surface area contributed by atoms with E-state index < -0.39 is 0 Å². The van der Waals surface area contributed by atoms with Crippen molar-refractivity contribution in [3.05, 3.63) is 35.0 Å². The van der Waals surface area contributed by atoms with Crippen molar-refractivity contribution in [2.75, 3.05) is 7.05 Å².